The Morgan fingerprint density at radius 3 is 2.24 bits per heavy atom. The van der Waals surface area contributed by atoms with E-state index in [1.54, 1.807) is 0 Å². The largest absolute Gasteiger partial charge is 0.361 e. The first kappa shape index (κ1) is 23.7. The van der Waals surface area contributed by atoms with Gasteiger partial charge in [-0.25, -0.2) is 0 Å². The molecular weight excluding hydrogens is 420 g/mol. The molecule has 0 aliphatic rings. The molecule has 4 rings (SSSR count). The van der Waals surface area contributed by atoms with Gasteiger partial charge in [0.1, 0.15) is 0 Å². The maximum Gasteiger partial charge on any atom is 0.258 e. The normalized spacial score (nSPS) is 13.0. The lowest BCUT2D eigenvalue weighted by molar-refractivity contribution is -0.139. The number of amides is 1. The van der Waals surface area contributed by atoms with Crippen molar-refractivity contribution < 1.29 is 4.79 Å². The molecule has 176 valence electrons. The number of para-hydroxylation sites is 1. The lowest BCUT2D eigenvalue weighted by Gasteiger charge is -2.38. The molecule has 0 aliphatic carbocycles. The van der Waals surface area contributed by atoms with Gasteiger partial charge in [0, 0.05) is 43.7 Å². The summed E-state index contributed by atoms with van der Waals surface area (Å²) in [7, 11) is 1.88. The molecule has 5 nitrogen and oxygen atoms in total. The van der Waals surface area contributed by atoms with Crippen molar-refractivity contribution in [2.75, 3.05) is 20.1 Å². The number of nitrogens with zero attached hydrogens (tertiary/aromatic N) is 1. The van der Waals surface area contributed by atoms with E-state index in [-0.39, 0.29) is 5.91 Å². The molecule has 3 N–H and O–H groups in total. The summed E-state index contributed by atoms with van der Waals surface area (Å²) >= 11 is 0. The maximum atomic E-state index is 14.0. The van der Waals surface area contributed by atoms with Gasteiger partial charge in [-0.3, -0.25) is 15.4 Å². The van der Waals surface area contributed by atoms with Gasteiger partial charge in [0.25, 0.3) is 5.91 Å². The van der Waals surface area contributed by atoms with Crippen LogP contribution >= 0.6 is 0 Å². The number of likely N-dealkylation sites (N-methyl/N-ethyl adjacent to an activating group) is 2. The Hall–Kier alpha value is -3.41. The second kappa shape index (κ2) is 11.1. The summed E-state index contributed by atoms with van der Waals surface area (Å²) in [6, 6.07) is 28.7. The van der Waals surface area contributed by atoms with Gasteiger partial charge in [0.05, 0.1) is 0 Å². The van der Waals surface area contributed by atoms with E-state index in [4.69, 9.17) is 0 Å². The van der Waals surface area contributed by atoms with Gasteiger partial charge in [-0.05, 0) is 35.7 Å². The zero-order valence-electron chi connectivity index (χ0n) is 20.1. The minimum absolute atomic E-state index is 0.0426. The van der Waals surface area contributed by atoms with Crippen LogP contribution in [0.2, 0.25) is 0 Å². The Bertz CT molecular complexity index is 1190. The van der Waals surface area contributed by atoms with Crippen molar-refractivity contribution in [3.05, 3.63) is 108 Å². The number of hydrogen-bond donors (Lipinski definition) is 3. The third-order valence-corrected chi connectivity index (χ3v) is 6.26. The second-order valence-corrected chi connectivity index (χ2v) is 8.78. The minimum Gasteiger partial charge on any atom is -0.361 e. The standard InChI is InChI=1S/C29H34N4O/c1-3-31-29(20-23-12-6-4-7-13-23,28(34)33(2)22-24-14-8-5-9-15-24)32-19-18-25-21-30-27-17-11-10-16-26(25)27/h4-17,21,30-32H,3,18-20,22H2,1-2H3. The molecule has 0 saturated heterocycles. The van der Waals surface area contributed by atoms with E-state index in [1.165, 1.54) is 10.9 Å². The van der Waals surface area contributed by atoms with Gasteiger partial charge in [0.2, 0.25) is 0 Å². The molecule has 0 aliphatic heterocycles. The third-order valence-electron chi connectivity index (χ3n) is 6.26. The molecule has 3 aromatic carbocycles. The summed E-state index contributed by atoms with van der Waals surface area (Å²) in [5, 5.41) is 8.38. The fourth-order valence-electron chi connectivity index (χ4n) is 4.62. The topological polar surface area (TPSA) is 60.2 Å². The lowest BCUT2D eigenvalue weighted by Crippen LogP contribution is -2.67. The van der Waals surface area contributed by atoms with Crippen LogP contribution in [-0.2, 0) is 24.2 Å². The Morgan fingerprint density at radius 1 is 0.882 bits per heavy atom. The highest BCUT2D eigenvalue weighted by Crippen LogP contribution is 2.20. The molecule has 5 heteroatoms. The molecule has 34 heavy (non-hydrogen) atoms. The van der Waals surface area contributed by atoms with Crippen LogP contribution in [0.3, 0.4) is 0 Å². The van der Waals surface area contributed by atoms with Gasteiger partial charge in [0.15, 0.2) is 5.66 Å². The van der Waals surface area contributed by atoms with Crippen molar-refractivity contribution in [2.45, 2.75) is 32.0 Å². The summed E-state index contributed by atoms with van der Waals surface area (Å²) in [6.45, 7) is 3.96. The Morgan fingerprint density at radius 2 is 1.53 bits per heavy atom. The van der Waals surface area contributed by atoms with Gasteiger partial charge in [-0.1, -0.05) is 85.8 Å². The molecule has 1 atom stereocenters. The van der Waals surface area contributed by atoms with Gasteiger partial charge >= 0.3 is 0 Å². The predicted molar refractivity (Wildman–Crippen MR) is 139 cm³/mol. The van der Waals surface area contributed by atoms with E-state index in [9.17, 15) is 4.79 Å². The molecule has 0 fully saturated rings. The summed E-state index contributed by atoms with van der Waals surface area (Å²) in [6.07, 6.45) is 3.46. The predicted octanol–water partition coefficient (Wildman–Crippen LogP) is 4.51. The van der Waals surface area contributed by atoms with Crippen molar-refractivity contribution in [2.24, 2.45) is 0 Å². The zero-order chi connectivity index (χ0) is 23.8. The minimum atomic E-state index is -0.897. The molecule has 1 unspecified atom stereocenters. The Labute approximate surface area is 202 Å². The summed E-state index contributed by atoms with van der Waals surface area (Å²) in [4.78, 5) is 19.1. The number of carbonyl (C=O) groups is 1. The maximum absolute atomic E-state index is 14.0. The molecule has 4 aromatic rings. The van der Waals surface area contributed by atoms with Crippen LogP contribution in [0.4, 0.5) is 0 Å². The number of benzene rings is 3. The van der Waals surface area contributed by atoms with E-state index in [2.05, 4.69) is 64.3 Å². The van der Waals surface area contributed by atoms with Crippen LogP contribution in [0.15, 0.2) is 91.1 Å². The van der Waals surface area contributed by atoms with Crippen LogP contribution in [0.25, 0.3) is 10.9 Å². The fraction of sp³-hybridized carbons (Fsp3) is 0.276. The number of carbonyl (C=O) groups excluding carboxylic acids is 1. The van der Waals surface area contributed by atoms with Crippen LogP contribution < -0.4 is 10.6 Å². The number of nitrogens with one attached hydrogen (secondary N) is 3. The monoisotopic (exact) mass is 454 g/mol. The first-order chi connectivity index (χ1) is 16.6. The summed E-state index contributed by atoms with van der Waals surface area (Å²) in [5.41, 5.74) is 3.72. The Kier molecular flexibility index (Phi) is 7.78. The van der Waals surface area contributed by atoms with Crippen LogP contribution in [0, 0.1) is 0 Å². The molecule has 0 saturated carbocycles. The molecular formula is C29H34N4O. The second-order valence-electron chi connectivity index (χ2n) is 8.78. The number of aromatic amines is 1. The van der Waals surface area contributed by atoms with Crippen LogP contribution in [0.1, 0.15) is 23.6 Å². The average molecular weight is 455 g/mol. The van der Waals surface area contributed by atoms with Crippen molar-refractivity contribution in [3.63, 3.8) is 0 Å². The quantitative estimate of drug-likeness (QED) is 0.292. The molecule has 0 bridgehead atoms. The summed E-state index contributed by atoms with van der Waals surface area (Å²) in [5.74, 6) is 0.0426. The van der Waals surface area contributed by atoms with Crippen molar-refractivity contribution in [1.29, 1.82) is 0 Å². The molecule has 0 spiro atoms. The van der Waals surface area contributed by atoms with Gasteiger partial charge in [-0.2, -0.15) is 0 Å². The molecule has 0 radical (unpaired) electrons. The van der Waals surface area contributed by atoms with Gasteiger partial charge in [-0.15, -0.1) is 0 Å². The average Bonchev–Trinajstić information content (AvgIpc) is 3.28. The van der Waals surface area contributed by atoms with Crippen LogP contribution in [0.5, 0.6) is 0 Å². The lowest BCUT2D eigenvalue weighted by atomic mass is 9.96. The Balaban J connectivity index is 1.56. The first-order valence-electron chi connectivity index (χ1n) is 12.0. The van der Waals surface area contributed by atoms with Crippen molar-refractivity contribution in [3.8, 4) is 0 Å². The number of rotatable bonds is 11. The van der Waals surface area contributed by atoms with Crippen molar-refractivity contribution in [1.82, 2.24) is 20.5 Å². The van der Waals surface area contributed by atoms with Crippen molar-refractivity contribution >= 4 is 16.8 Å². The SMILES string of the molecule is CCNC(Cc1ccccc1)(NCCc1c[nH]c2ccccc12)C(=O)N(C)Cc1ccccc1. The van der Waals surface area contributed by atoms with Crippen LogP contribution in [-0.4, -0.2) is 41.6 Å². The smallest absolute Gasteiger partial charge is 0.258 e. The van der Waals surface area contributed by atoms with E-state index in [0.29, 0.717) is 26.1 Å². The number of H-pyrrole nitrogens is 1. The van der Waals surface area contributed by atoms with E-state index < -0.39 is 5.66 Å². The number of fused-ring (bicyclic) bond motifs is 1. The zero-order valence-corrected chi connectivity index (χ0v) is 20.1. The van der Waals surface area contributed by atoms with E-state index >= 15 is 0 Å². The van der Waals surface area contributed by atoms with E-state index in [1.807, 2.05) is 61.3 Å². The molecule has 1 amide bonds. The third kappa shape index (κ3) is 5.56. The summed E-state index contributed by atoms with van der Waals surface area (Å²) < 4.78 is 0. The molecule has 1 aromatic heterocycles. The highest BCUT2D eigenvalue weighted by molar-refractivity contribution is 5.86. The number of aromatic nitrogens is 1. The highest BCUT2D eigenvalue weighted by atomic mass is 16.2. The highest BCUT2D eigenvalue weighted by Gasteiger charge is 2.39. The van der Waals surface area contributed by atoms with Gasteiger partial charge < -0.3 is 9.88 Å². The number of hydrogen-bond acceptors (Lipinski definition) is 3. The first-order valence-corrected chi connectivity index (χ1v) is 12.0. The molecule has 1 heterocycles. The fourth-order valence-corrected chi connectivity index (χ4v) is 4.62. The van der Waals surface area contributed by atoms with E-state index in [0.717, 1.165) is 23.1 Å².